The number of carbonyl (C=O) groups is 1. The zero-order chi connectivity index (χ0) is 14.8. The van der Waals surface area contributed by atoms with E-state index in [4.69, 9.17) is 14.3 Å². The van der Waals surface area contributed by atoms with E-state index in [1.165, 1.54) is 12.1 Å². The van der Waals surface area contributed by atoms with Crippen LogP contribution in [0.2, 0.25) is 0 Å². The van der Waals surface area contributed by atoms with Crippen molar-refractivity contribution >= 4 is 16.9 Å². The van der Waals surface area contributed by atoms with Crippen LogP contribution in [0.3, 0.4) is 0 Å². The van der Waals surface area contributed by atoms with Gasteiger partial charge in [-0.15, -0.1) is 0 Å². The SMILES string of the molecule is O=C(O)c1cc2cc(COc3ccccc3F)ccc2o1. The summed E-state index contributed by atoms with van der Waals surface area (Å²) < 4.78 is 24.0. The average molecular weight is 286 g/mol. The molecular formula is C16H11FO4. The molecule has 106 valence electrons. The molecule has 21 heavy (non-hydrogen) atoms. The van der Waals surface area contributed by atoms with E-state index in [1.54, 1.807) is 36.4 Å². The van der Waals surface area contributed by atoms with Crippen molar-refractivity contribution in [2.24, 2.45) is 0 Å². The Morgan fingerprint density at radius 2 is 2.00 bits per heavy atom. The maximum Gasteiger partial charge on any atom is 0.371 e. The predicted molar refractivity (Wildman–Crippen MR) is 73.9 cm³/mol. The lowest BCUT2D eigenvalue weighted by atomic mass is 10.1. The molecule has 4 nitrogen and oxygen atoms in total. The van der Waals surface area contributed by atoms with Crippen molar-refractivity contribution in [2.45, 2.75) is 6.61 Å². The van der Waals surface area contributed by atoms with Crippen molar-refractivity contribution in [1.29, 1.82) is 0 Å². The number of hydrogen-bond acceptors (Lipinski definition) is 3. The van der Waals surface area contributed by atoms with Gasteiger partial charge in [-0.1, -0.05) is 18.2 Å². The van der Waals surface area contributed by atoms with Gasteiger partial charge in [-0.2, -0.15) is 0 Å². The average Bonchev–Trinajstić information content (AvgIpc) is 2.90. The molecule has 0 atom stereocenters. The van der Waals surface area contributed by atoms with Crippen LogP contribution >= 0.6 is 0 Å². The number of hydrogen-bond donors (Lipinski definition) is 1. The third-order valence-electron chi connectivity index (χ3n) is 3.02. The number of carboxylic acid groups (broad SMARTS) is 1. The fraction of sp³-hybridized carbons (Fsp3) is 0.0625. The molecule has 0 spiro atoms. The molecule has 0 aliphatic heterocycles. The molecule has 0 amide bonds. The summed E-state index contributed by atoms with van der Waals surface area (Å²) in [6.07, 6.45) is 0. The minimum absolute atomic E-state index is 0.114. The summed E-state index contributed by atoms with van der Waals surface area (Å²) in [5.41, 5.74) is 1.28. The van der Waals surface area contributed by atoms with Gasteiger partial charge in [0.15, 0.2) is 11.6 Å². The first kappa shape index (κ1) is 13.2. The van der Waals surface area contributed by atoms with E-state index in [9.17, 15) is 9.18 Å². The lowest BCUT2D eigenvalue weighted by Gasteiger charge is -2.06. The number of benzene rings is 2. The van der Waals surface area contributed by atoms with E-state index in [0.29, 0.717) is 11.0 Å². The molecule has 0 bridgehead atoms. The van der Waals surface area contributed by atoms with Gasteiger partial charge in [-0.25, -0.2) is 9.18 Å². The lowest BCUT2D eigenvalue weighted by Crippen LogP contribution is -1.96. The third kappa shape index (κ3) is 2.72. The monoisotopic (exact) mass is 286 g/mol. The maximum absolute atomic E-state index is 13.4. The summed E-state index contributed by atoms with van der Waals surface area (Å²) in [5.74, 6) is -1.47. The number of furan rings is 1. The van der Waals surface area contributed by atoms with Crippen LogP contribution in [0.15, 0.2) is 52.9 Å². The van der Waals surface area contributed by atoms with Crippen molar-refractivity contribution in [3.05, 3.63) is 65.7 Å². The largest absolute Gasteiger partial charge is 0.486 e. The fourth-order valence-corrected chi connectivity index (χ4v) is 2.01. The minimum Gasteiger partial charge on any atom is -0.486 e. The quantitative estimate of drug-likeness (QED) is 0.791. The Hall–Kier alpha value is -2.82. The first-order chi connectivity index (χ1) is 10.1. The van der Waals surface area contributed by atoms with Gasteiger partial charge >= 0.3 is 5.97 Å². The second-order valence-electron chi connectivity index (χ2n) is 4.51. The summed E-state index contributed by atoms with van der Waals surface area (Å²) in [6, 6.07) is 12.8. The van der Waals surface area contributed by atoms with Crippen molar-refractivity contribution in [1.82, 2.24) is 0 Å². The Morgan fingerprint density at radius 1 is 1.19 bits per heavy atom. The number of aromatic carboxylic acids is 1. The van der Waals surface area contributed by atoms with Gasteiger partial charge in [0.05, 0.1) is 0 Å². The number of ether oxygens (including phenoxy) is 1. The van der Waals surface area contributed by atoms with E-state index in [0.717, 1.165) is 5.56 Å². The normalized spacial score (nSPS) is 10.7. The molecule has 3 aromatic rings. The summed E-state index contributed by atoms with van der Waals surface area (Å²) in [4.78, 5) is 10.8. The van der Waals surface area contributed by atoms with Crippen molar-refractivity contribution in [3.63, 3.8) is 0 Å². The number of carboxylic acids is 1. The van der Waals surface area contributed by atoms with Crippen LogP contribution in [0.4, 0.5) is 4.39 Å². The molecule has 2 aromatic carbocycles. The second-order valence-corrected chi connectivity index (χ2v) is 4.51. The molecule has 1 heterocycles. The molecule has 0 fully saturated rings. The first-order valence-electron chi connectivity index (χ1n) is 6.26. The van der Waals surface area contributed by atoms with Gasteiger partial charge in [0.25, 0.3) is 0 Å². The van der Waals surface area contributed by atoms with Crippen LogP contribution in [-0.2, 0) is 6.61 Å². The van der Waals surface area contributed by atoms with Crippen LogP contribution in [-0.4, -0.2) is 11.1 Å². The third-order valence-corrected chi connectivity index (χ3v) is 3.02. The number of halogens is 1. The Balaban J connectivity index is 1.81. The Kier molecular flexibility index (Phi) is 3.31. The Labute approximate surface area is 119 Å². The van der Waals surface area contributed by atoms with Crippen LogP contribution < -0.4 is 4.74 Å². The fourth-order valence-electron chi connectivity index (χ4n) is 2.01. The zero-order valence-electron chi connectivity index (χ0n) is 10.9. The van der Waals surface area contributed by atoms with Gasteiger partial charge in [0.1, 0.15) is 12.2 Å². The van der Waals surface area contributed by atoms with Crippen molar-refractivity contribution in [2.75, 3.05) is 0 Å². The highest BCUT2D eigenvalue weighted by molar-refractivity contribution is 5.91. The maximum atomic E-state index is 13.4. The molecule has 0 aliphatic carbocycles. The standard InChI is InChI=1S/C16H11FO4/c17-12-3-1-2-4-14(12)20-9-10-5-6-13-11(7-10)8-15(21-13)16(18)19/h1-8H,9H2,(H,18,19). The number of fused-ring (bicyclic) bond motifs is 1. The molecule has 0 radical (unpaired) electrons. The summed E-state index contributed by atoms with van der Waals surface area (Å²) in [7, 11) is 0. The molecule has 5 heteroatoms. The minimum atomic E-state index is -1.12. The van der Waals surface area contributed by atoms with Gasteiger partial charge in [0, 0.05) is 5.39 Å². The topological polar surface area (TPSA) is 59.7 Å². The van der Waals surface area contributed by atoms with Gasteiger partial charge < -0.3 is 14.3 Å². The first-order valence-corrected chi connectivity index (χ1v) is 6.26. The van der Waals surface area contributed by atoms with Crippen LogP contribution in [0.5, 0.6) is 5.75 Å². The zero-order valence-corrected chi connectivity index (χ0v) is 10.9. The smallest absolute Gasteiger partial charge is 0.371 e. The molecule has 0 saturated heterocycles. The molecule has 0 aliphatic rings. The summed E-state index contributed by atoms with van der Waals surface area (Å²) in [5, 5.41) is 9.55. The molecule has 1 N–H and O–H groups in total. The number of rotatable bonds is 4. The van der Waals surface area contributed by atoms with Crippen molar-refractivity contribution in [3.8, 4) is 5.75 Å². The molecule has 0 unspecified atom stereocenters. The lowest BCUT2D eigenvalue weighted by molar-refractivity contribution is 0.0665. The highest BCUT2D eigenvalue weighted by atomic mass is 19.1. The number of para-hydroxylation sites is 1. The van der Waals surface area contributed by atoms with Gasteiger partial charge in [-0.05, 0) is 35.9 Å². The van der Waals surface area contributed by atoms with Crippen molar-refractivity contribution < 1.29 is 23.4 Å². The Morgan fingerprint density at radius 3 is 2.76 bits per heavy atom. The van der Waals surface area contributed by atoms with E-state index in [2.05, 4.69) is 0 Å². The van der Waals surface area contributed by atoms with E-state index < -0.39 is 11.8 Å². The molecular weight excluding hydrogens is 275 g/mol. The predicted octanol–water partition coefficient (Wildman–Crippen LogP) is 3.85. The van der Waals surface area contributed by atoms with E-state index >= 15 is 0 Å². The molecule has 1 aromatic heterocycles. The highest BCUT2D eigenvalue weighted by Gasteiger charge is 2.11. The molecule has 0 saturated carbocycles. The summed E-state index contributed by atoms with van der Waals surface area (Å²) >= 11 is 0. The summed E-state index contributed by atoms with van der Waals surface area (Å²) in [6.45, 7) is 0.185. The highest BCUT2D eigenvalue weighted by Crippen LogP contribution is 2.22. The van der Waals surface area contributed by atoms with E-state index in [1.807, 2.05) is 0 Å². The van der Waals surface area contributed by atoms with Gasteiger partial charge in [-0.3, -0.25) is 0 Å². The Bertz CT molecular complexity index is 807. The second kappa shape index (κ2) is 5.28. The van der Waals surface area contributed by atoms with Crippen LogP contribution in [0.25, 0.3) is 11.0 Å². The van der Waals surface area contributed by atoms with Crippen LogP contribution in [0, 0.1) is 5.82 Å². The molecule has 3 rings (SSSR count). The van der Waals surface area contributed by atoms with Crippen LogP contribution in [0.1, 0.15) is 16.1 Å². The van der Waals surface area contributed by atoms with Gasteiger partial charge in [0.2, 0.25) is 5.76 Å². The van der Waals surface area contributed by atoms with E-state index in [-0.39, 0.29) is 18.1 Å².